The molecule has 0 radical (unpaired) electrons. The fraction of sp³-hybridized carbons (Fsp3) is 0.417. The zero-order valence-electron chi connectivity index (χ0n) is 11.3. The smallest absolute Gasteiger partial charge is 0.242 e. The van der Waals surface area contributed by atoms with Crippen molar-refractivity contribution < 1.29 is 13.6 Å². The Balaban J connectivity index is 2.93. The second kappa shape index (κ2) is 6.03. The molecule has 0 aromatic heterocycles. The van der Waals surface area contributed by atoms with Gasteiger partial charge in [-0.1, -0.05) is 11.2 Å². The average molecular weight is 285 g/mol. The molecule has 0 heterocycles. The summed E-state index contributed by atoms with van der Waals surface area (Å²) < 4.78 is 25.7. The summed E-state index contributed by atoms with van der Waals surface area (Å²) >= 11 is 0. The molecule has 0 bridgehead atoms. The molecule has 0 atom stereocenters. The molecule has 0 aliphatic rings. The Kier molecular flexibility index (Phi) is 4.90. The average Bonchev–Trinajstić information content (AvgIpc) is 2.38. The molecular formula is C12H19N3O3S. The van der Waals surface area contributed by atoms with Crippen LogP contribution in [0, 0.1) is 13.8 Å². The van der Waals surface area contributed by atoms with Crippen LogP contribution in [0.3, 0.4) is 0 Å². The number of rotatable bonds is 5. The van der Waals surface area contributed by atoms with Gasteiger partial charge in [0.05, 0.1) is 4.90 Å². The molecule has 1 aromatic carbocycles. The van der Waals surface area contributed by atoms with Gasteiger partial charge in [-0.25, -0.2) is 12.7 Å². The van der Waals surface area contributed by atoms with E-state index in [1.54, 1.807) is 18.2 Å². The maximum absolute atomic E-state index is 12.3. The molecule has 19 heavy (non-hydrogen) atoms. The van der Waals surface area contributed by atoms with Gasteiger partial charge in [-0.2, -0.15) is 0 Å². The van der Waals surface area contributed by atoms with Gasteiger partial charge in [-0.05, 0) is 37.1 Å². The van der Waals surface area contributed by atoms with Crippen molar-refractivity contribution in [2.24, 2.45) is 10.9 Å². The summed E-state index contributed by atoms with van der Waals surface area (Å²) in [6.07, 6.45) is 0.178. The summed E-state index contributed by atoms with van der Waals surface area (Å²) in [5.74, 6) is 0.00198. The number of hydrogen-bond donors (Lipinski definition) is 2. The van der Waals surface area contributed by atoms with Crippen LogP contribution in [0.4, 0.5) is 0 Å². The normalized spacial score (nSPS) is 12.9. The first-order valence-corrected chi connectivity index (χ1v) is 7.23. The van der Waals surface area contributed by atoms with Gasteiger partial charge in [-0.3, -0.25) is 0 Å². The van der Waals surface area contributed by atoms with E-state index in [1.807, 2.05) is 13.8 Å². The van der Waals surface area contributed by atoms with E-state index in [4.69, 9.17) is 10.9 Å². The van der Waals surface area contributed by atoms with Gasteiger partial charge in [0.15, 0.2) is 0 Å². The van der Waals surface area contributed by atoms with E-state index >= 15 is 0 Å². The number of nitrogens with zero attached hydrogens (tertiary/aromatic N) is 2. The number of sulfonamides is 1. The molecule has 0 aliphatic heterocycles. The van der Waals surface area contributed by atoms with Crippen LogP contribution in [0.2, 0.25) is 0 Å². The third-order valence-corrected chi connectivity index (χ3v) is 4.85. The second-order valence-corrected chi connectivity index (χ2v) is 6.46. The molecule has 0 unspecified atom stereocenters. The standard InChI is InChI=1S/C12H19N3O3S/c1-9-4-5-11(8-10(9)2)19(17,18)15(3)7-6-12(13)14-16/h4-5,8,16H,6-7H2,1-3H3,(H2,13,14). The lowest BCUT2D eigenvalue weighted by molar-refractivity contribution is 0.316. The maximum Gasteiger partial charge on any atom is 0.242 e. The van der Waals surface area contributed by atoms with E-state index in [0.29, 0.717) is 0 Å². The predicted molar refractivity (Wildman–Crippen MR) is 73.8 cm³/mol. The van der Waals surface area contributed by atoms with Gasteiger partial charge < -0.3 is 10.9 Å². The second-order valence-electron chi connectivity index (χ2n) is 4.41. The van der Waals surface area contributed by atoms with Crippen molar-refractivity contribution in [1.82, 2.24) is 4.31 Å². The van der Waals surface area contributed by atoms with Crippen molar-refractivity contribution in [2.75, 3.05) is 13.6 Å². The van der Waals surface area contributed by atoms with Gasteiger partial charge >= 0.3 is 0 Å². The van der Waals surface area contributed by atoms with Crippen LogP contribution >= 0.6 is 0 Å². The molecule has 7 heteroatoms. The number of amidine groups is 1. The molecular weight excluding hydrogens is 266 g/mol. The van der Waals surface area contributed by atoms with Crippen LogP contribution in [0.1, 0.15) is 17.5 Å². The maximum atomic E-state index is 12.3. The van der Waals surface area contributed by atoms with Gasteiger partial charge in [0.1, 0.15) is 5.84 Å². The number of aryl methyl sites for hydroxylation is 2. The van der Waals surface area contributed by atoms with E-state index < -0.39 is 10.0 Å². The largest absolute Gasteiger partial charge is 0.409 e. The van der Waals surface area contributed by atoms with E-state index in [9.17, 15) is 8.42 Å². The Morgan fingerprint density at radius 2 is 2.00 bits per heavy atom. The van der Waals surface area contributed by atoms with Crippen molar-refractivity contribution in [3.63, 3.8) is 0 Å². The minimum atomic E-state index is -3.54. The lowest BCUT2D eigenvalue weighted by atomic mass is 10.1. The lowest BCUT2D eigenvalue weighted by Gasteiger charge is -2.17. The molecule has 0 spiro atoms. The van der Waals surface area contributed by atoms with E-state index in [1.165, 1.54) is 11.4 Å². The monoisotopic (exact) mass is 285 g/mol. The van der Waals surface area contributed by atoms with Crippen LogP contribution in [-0.2, 0) is 10.0 Å². The van der Waals surface area contributed by atoms with Crippen molar-refractivity contribution in [3.8, 4) is 0 Å². The van der Waals surface area contributed by atoms with Gasteiger partial charge in [0.2, 0.25) is 10.0 Å². The molecule has 1 aromatic rings. The van der Waals surface area contributed by atoms with Crippen LogP contribution in [0.25, 0.3) is 0 Å². The van der Waals surface area contributed by atoms with Crippen molar-refractivity contribution in [1.29, 1.82) is 0 Å². The molecule has 3 N–H and O–H groups in total. The van der Waals surface area contributed by atoms with E-state index in [-0.39, 0.29) is 23.7 Å². The molecule has 0 saturated carbocycles. The molecule has 1 rings (SSSR count). The Labute approximate surface area is 113 Å². The molecule has 0 aliphatic carbocycles. The van der Waals surface area contributed by atoms with Crippen molar-refractivity contribution in [2.45, 2.75) is 25.2 Å². The summed E-state index contributed by atoms with van der Waals surface area (Å²) in [6.45, 7) is 3.95. The number of nitrogens with two attached hydrogens (primary N) is 1. The number of hydrogen-bond acceptors (Lipinski definition) is 4. The van der Waals surface area contributed by atoms with Gasteiger partial charge in [0, 0.05) is 20.0 Å². The summed E-state index contributed by atoms with van der Waals surface area (Å²) in [7, 11) is -2.07. The highest BCUT2D eigenvalue weighted by atomic mass is 32.2. The fourth-order valence-corrected chi connectivity index (χ4v) is 2.75. The number of benzene rings is 1. The quantitative estimate of drug-likeness (QED) is 0.366. The lowest BCUT2D eigenvalue weighted by Crippen LogP contribution is -2.30. The van der Waals surface area contributed by atoms with E-state index in [0.717, 1.165) is 11.1 Å². The third kappa shape index (κ3) is 3.68. The van der Waals surface area contributed by atoms with Crippen LogP contribution < -0.4 is 5.73 Å². The van der Waals surface area contributed by atoms with Crippen LogP contribution in [0.15, 0.2) is 28.3 Å². The highest BCUT2D eigenvalue weighted by molar-refractivity contribution is 7.89. The first-order chi connectivity index (χ1) is 8.78. The summed E-state index contributed by atoms with van der Waals surface area (Å²) in [5.41, 5.74) is 7.29. The summed E-state index contributed by atoms with van der Waals surface area (Å²) in [5, 5.41) is 11.2. The van der Waals surface area contributed by atoms with Crippen molar-refractivity contribution in [3.05, 3.63) is 29.3 Å². The zero-order valence-corrected chi connectivity index (χ0v) is 12.1. The first-order valence-electron chi connectivity index (χ1n) is 5.79. The Bertz CT molecular complexity index is 582. The SMILES string of the molecule is Cc1ccc(S(=O)(=O)N(C)CC/C(N)=N/O)cc1C. The van der Waals surface area contributed by atoms with Crippen LogP contribution in [-0.4, -0.2) is 37.4 Å². The Hall–Kier alpha value is -1.60. The predicted octanol–water partition coefficient (Wildman–Crippen LogP) is 1.06. The highest BCUT2D eigenvalue weighted by Crippen LogP contribution is 2.18. The topological polar surface area (TPSA) is 96.0 Å². The Morgan fingerprint density at radius 3 is 2.53 bits per heavy atom. The van der Waals surface area contributed by atoms with Crippen LogP contribution in [0.5, 0.6) is 0 Å². The van der Waals surface area contributed by atoms with Gasteiger partial charge in [-0.15, -0.1) is 0 Å². The number of oxime groups is 1. The highest BCUT2D eigenvalue weighted by Gasteiger charge is 2.21. The summed E-state index contributed by atoms with van der Waals surface area (Å²) in [6, 6.07) is 5.00. The molecule has 0 amide bonds. The molecule has 6 nitrogen and oxygen atoms in total. The zero-order chi connectivity index (χ0) is 14.6. The summed E-state index contributed by atoms with van der Waals surface area (Å²) in [4.78, 5) is 0.248. The fourth-order valence-electron chi connectivity index (χ4n) is 1.50. The minimum absolute atomic E-state index is 0.00198. The Morgan fingerprint density at radius 1 is 1.37 bits per heavy atom. The minimum Gasteiger partial charge on any atom is -0.409 e. The molecule has 0 fully saturated rings. The first kappa shape index (κ1) is 15.5. The third-order valence-electron chi connectivity index (χ3n) is 3.00. The van der Waals surface area contributed by atoms with E-state index in [2.05, 4.69) is 5.16 Å². The molecule has 106 valence electrons. The van der Waals surface area contributed by atoms with Crippen molar-refractivity contribution >= 4 is 15.9 Å². The molecule has 0 saturated heterocycles. The van der Waals surface area contributed by atoms with Gasteiger partial charge in [0.25, 0.3) is 0 Å².